The van der Waals surface area contributed by atoms with Gasteiger partial charge in [0.25, 0.3) is 5.91 Å². The lowest BCUT2D eigenvalue weighted by Crippen LogP contribution is -2.38. The van der Waals surface area contributed by atoms with Crippen molar-refractivity contribution in [2.45, 2.75) is 19.9 Å². The van der Waals surface area contributed by atoms with Crippen LogP contribution in [0.2, 0.25) is 0 Å². The predicted octanol–water partition coefficient (Wildman–Crippen LogP) is 1.91. The van der Waals surface area contributed by atoms with Gasteiger partial charge in [0, 0.05) is 35.3 Å². The number of carbonyl (C=O) groups excluding carboxylic acids is 1. The van der Waals surface area contributed by atoms with E-state index in [0.29, 0.717) is 5.56 Å². The third-order valence-electron chi connectivity index (χ3n) is 3.34. The van der Waals surface area contributed by atoms with E-state index in [2.05, 4.69) is 10.3 Å². The van der Waals surface area contributed by atoms with Crippen molar-refractivity contribution in [1.29, 1.82) is 0 Å². The van der Waals surface area contributed by atoms with Gasteiger partial charge in [0.15, 0.2) is 0 Å². The predicted molar refractivity (Wildman–Crippen MR) is 71.5 cm³/mol. The van der Waals surface area contributed by atoms with E-state index in [0.717, 1.165) is 10.9 Å². The molecule has 0 radical (unpaired) electrons. The van der Waals surface area contributed by atoms with E-state index in [1.807, 2.05) is 44.3 Å². The Kier molecular flexibility index (Phi) is 3.67. The van der Waals surface area contributed by atoms with Gasteiger partial charge in [0.05, 0.1) is 0 Å². The largest absolute Gasteiger partial charge is 0.396 e. The standard InChI is InChI=1S/C14H18N2O2/c1-9(8-17)10(2)16-14(18)12-4-3-5-13-11(12)6-7-15-13/h3-7,9-10,15,17H,8H2,1-2H3,(H,16,18). The average Bonchev–Trinajstić information content (AvgIpc) is 2.85. The molecule has 0 saturated carbocycles. The number of carbonyl (C=O) groups is 1. The normalized spacial score (nSPS) is 14.4. The number of aliphatic hydroxyl groups excluding tert-OH is 1. The van der Waals surface area contributed by atoms with E-state index >= 15 is 0 Å². The summed E-state index contributed by atoms with van der Waals surface area (Å²) < 4.78 is 0. The molecule has 0 aliphatic rings. The smallest absolute Gasteiger partial charge is 0.252 e. The summed E-state index contributed by atoms with van der Waals surface area (Å²) >= 11 is 0. The molecule has 0 aliphatic carbocycles. The van der Waals surface area contributed by atoms with Gasteiger partial charge in [-0.15, -0.1) is 0 Å². The van der Waals surface area contributed by atoms with Crippen LogP contribution in [0.1, 0.15) is 24.2 Å². The first-order valence-corrected chi connectivity index (χ1v) is 6.11. The topological polar surface area (TPSA) is 65.1 Å². The van der Waals surface area contributed by atoms with Crippen molar-refractivity contribution in [3.8, 4) is 0 Å². The van der Waals surface area contributed by atoms with Gasteiger partial charge in [0.1, 0.15) is 0 Å². The molecular weight excluding hydrogens is 228 g/mol. The van der Waals surface area contributed by atoms with E-state index in [1.54, 1.807) is 0 Å². The minimum absolute atomic E-state index is 0.0411. The second-order valence-corrected chi connectivity index (χ2v) is 4.67. The zero-order chi connectivity index (χ0) is 13.1. The lowest BCUT2D eigenvalue weighted by atomic mass is 10.0. The van der Waals surface area contributed by atoms with Crippen LogP contribution in [0.4, 0.5) is 0 Å². The van der Waals surface area contributed by atoms with E-state index in [1.165, 1.54) is 0 Å². The molecule has 1 amide bonds. The molecule has 2 rings (SSSR count). The highest BCUT2D eigenvalue weighted by Gasteiger charge is 2.16. The molecule has 1 aromatic carbocycles. The van der Waals surface area contributed by atoms with Crippen LogP contribution in [0.25, 0.3) is 10.9 Å². The summed E-state index contributed by atoms with van der Waals surface area (Å²) in [5.41, 5.74) is 1.61. The zero-order valence-electron chi connectivity index (χ0n) is 10.6. The maximum Gasteiger partial charge on any atom is 0.252 e. The highest BCUT2D eigenvalue weighted by Crippen LogP contribution is 2.17. The quantitative estimate of drug-likeness (QED) is 0.771. The SMILES string of the molecule is CC(CO)C(C)NC(=O)c1cccc2[nH]ccc12. The van der Waals surface area contributed by atoms with Crippen molar-refractivity contribution in [2.24, 2.45) is 5.92 Å². The molecule has 2 unspecified atom stereocenters. The first-order chi connectivity index (χ1) is 8.63. The summed E-state index contributed by atoms with van der Waals surface area (Å²) in [7, 11) is 0. The number of fused-ring (bicyclic) bond motifs is 1. The molecule has 0 bridgehead atoms. The second kappa shape index (κ2) is 5.23. The number of amides is 1. The van der Waals surface area contributed by atoms with Crippen LogP contribution in [0.3, 0.4) is 0 Å². The highest BCUT2D eigenvalue weighted by atomic mass is 16.3. The fourth-order valence-electron chi connectivity index (χ4n) is 1.87. The molecule has 0 aliphatic heterocycles. The van der Waals surface area contributed by atoms with Gasteiger partial charge in [-0.1, -0.05) is 13.0 Å². The fourth-order valence-corrected chi connectivity index (χ4v) is 1.87. The molecule has 4 nitrogen and oxygen atoms in total. The number of hydrogen-bond acceptors (Lipinski definition) is 2. The van der Waals surface area contributed by atoms with Gasteiger partial charge < -0.3 is 15.4 Å². The number of hydrogen-bond donors (Lipinski definition) is 3. The van der Waals surface area contributed by atoms with Crippen LogP contribution in [0.15, 0.2) is 30.5 Å². The Hall–Kier alpha value is -1.81. The third-order valence-corrected chi connectivity index (χ3v) is 3.34. The summed E-state index contributed by atoms with van der Waals surface area (Å²) in [6.07, 6.45) is 1.82. The monoisotopic (exact) mass is 246 g/mol. The Morgan fingerprint density at radius 3 is 2.89 bits per heavy atom. The van der Waals surface area contributed by atoms with Crippen molar-refractivity contribution in [1.82, 2.24) is 10.3 Å². The maximum atomic E-state index is 12.2. The summed E-state index contributed by atoms with van der Waals surface area (Å²) in [5, 5.41) is 12.9. The van der Waals surface area contributed by atoms with Crippen LogP contribution in [0.5, 0.6) is 0 Å². The van der Waals surface area contributed by atoms with Crippen LogP contribution < -0.4 is 5.32 Å². The molecule has 0 saturated heterocycles. The number of aromatic amines is 1. The van der Waals surface area contributed by atoms with E-state index in [4.69, 9.17) is 5.11 Å². The summed E-state index contributed by atoms with van der Waals surface area (Å²) in [5.74, 6) is -0.0626. The lowest BCUT2D eigenvalue weighted by Gasteiger charge is -2.19. The van der Waals surface area contributed by atoms with Gasteiger partial charge in [-0.3, -0.25) is 4.79 Å². The van der Waals surface area contributed by atoms with Crippen molar-refractivity contribution in [2.75, 3.05) is 6.61 Å². The Labute approximate surface area is 106 Å². The van der Waals surface area contributed by atoms with E-state index in [9.17, 15) is 4.79 Å². The number of aliphatic hydroxyl groups is 1. The first-order valence-electron chi connectivity index (χ1n) is 6.11. The Morgan fingerprint density at radius 1 is 1.39 bits per heavy atom. The van der Waals surface area contributed by atoms with Crippen molar-refractivity contribution >= 4 is 16.8 Å². The highest BCUT2D eigenvalue weighted by molar-refractivity contribution is 6.06. The summed E-state index contributed by atoms with van der Waals surface area (Å²) in [6.45, 7) is 3.87. The van der Waals surface area contributed by atoms with Crippen LogP contribution in [-0.4, -0.2) is 28.6 Å². The van der Waals surface area contributed by atoms with Crippen molar-refractivity contribution in [3.63, 3.8) is 0 Å². The summed E-state index contributed by atoms with van der Waals surface area (Å²) in [6, 6.07) is 7.43. The van der Waals surface area contributed by atoms with Gasteiger partial charge in [-0.2, -0.15) is 0 Å². The molecule has 96 valence electrons. The molecule has 2 atom stereocenters. The number of benzene rings is 1. The Bertz CT molecular complexity index is 547. The van der Waals surface area contributed by atoms with Crippen LogP contribution in [-0.2, 0) is 0 Å². The molecule has 18 heavy (non-hydrogen) atoms. The molecule has 3 N–H and O–H groups in total. The van der Waals surface area contributed by atoms with Crippen LogP contribution in [0, 0.1) is 5.92 Å². The van der Waals surface area contributed by atoms with Gasteiger partial charge >= 0.3 is 0 Å². The molecule has 1 heterocycles. The second-order valence-electron chi connectivity index (χ2n) is 4.67. The Morgan fingerprint density at radius 2 is 2.17 bits per heavy atom. The number of nitrogens with one attached hydrogen (secondary N) is 2. The molecule has 0 fully saturated rings. The lowest BCUT2D eigenvalue weighted by molar-refractivity contribution is 0.0918. The molecular formula is C14H18N2O2. The fraction of sp³-hybridized carbons (Fsp3) is 0.357. The number of rotatable bonds is 4. The molecule has 2 aromatic rings. The van der Waals surface area contributed by atoms with Gasteiger partial charge in [0.2, 0.25) is 0 Å². The van der Waals surface area contributed by atoms with E-state index < -0.39 is 0 Å². The molecule has 4 heteroatoms. The summed E-state index contributed by atoms with van der Waals surface area (Å²) in [4.78, 5) is 15.3. The zero-order valence-corrected chi connectivity index (χ0v) is 10.6. The van der Waals surface area contributed by atoms with Gasteiger partial charge in [-0.25, -0.2) is 0 Å². The van der Waals surface area contributed by atoms with E-state index in [-0.39, 0.29) is 24.5 Å². The minimum atomic E-state index is -0.104. The Balaban J connectivity index is 2.21. The number of H-pyrrole nitrogens is 1. The van der Waals surface area contributed by atoms with Gasteiger partial charge in [-0.05, 0) is 31.0 Å². The number of aromatic nitrogens is 1. The third kappa shape index (κ3) is 2.38. The first kappa shape index (κ1) is 12.6. The maximum absolute atomic E-state index is 12.2. The van der Waals surface area contributed by atoms with Crippen molar-refractivity contribution < 1.29 is 9.90 Å². The molecule has 1 aromatic heterocycles. The van der Waals surface area contributed by atoms with Crippen LogP contribution >= 0.6 is 0 Å². The minimum Gasteiger partial charge on any atom is -0.396 e. The molecule has 0 spiro atoms. The van der Waals surface area contributed by atoms with Crippen molar-refractivity contribution in [3.05, 3.63) is 36.0 Å². The average molecular weight is 246 g/mol.